The van der Waals surface area contributed by atoms with E-state index in [9.17, 15) is 18.3 Å². The van der Waals surface area contributed by atoms with Crippen LogP contribution in [0.25, 0.3) is 16.5 Å². The number of H-pyrrole nitrogens is 1. The summed E-state index contributed by atoms with van der Waals surface area (Å²) in [5, 5.41) is 11.0. The van der Waals surface area contributed by atoms with Gasteiger partial charge >= 0.3 is 0 Å². The van der Waals surface area contributed by atoms with Gasteiger partial charge in [0.05, 0.1) is 5.52 Å². The van der Waals surface area contributed by atoms with E-state index in [1.165, 1.54) is 10.4 Å². The third-order valence-corrected chi connectivity index (χ3v) is 8.39. The first-order valence-corrected chi connectivity index (χ1v) is 12.8. The van der Waals surface area contributed by atoms with Gasteiger partial charge in [-0.05, 0) is 54.3 Å². The summed E-state index contributed by atoms with van der Waals surface area (Å²) < 4.78 is 27.7. The van der Waals surface area contributed by atoms with Crippen LogP contribution in [0.15, 0.2) is 65.5 Å². The Bertz CT molecular complexity index is 1420. The molecule has 8 nitrogen and oxygen atoms in total. The summed E-state index contributed by atoms with van der Waals surface area (Å²) in [5.41, 5.74) is 3.46. The second kappa shape index (κ2) is 8.90. The number of carbonyl (C=O) groups excluding carboxylic acids is 1. The topological polar surface area (TPSA) is 107 Å². The molecular weight excluding hydrogens is 476 g/mol. The molecule has 0 atom stereocenters. The van der Waals surface area contributed by atoms with Crippen molar-refractivity contribution in [2.45, 2.75) is 17.9 Å². The zero-order valence-corrected chi connectivity index (χ0v) is 19.8. The van der Waals surface area contributed by atoms with Crippen molar-refractivity contribution in [3.63, 3.8) is 0 Å². The summed E-state index contributed by atoms with van der Waals surface area (Å²) in [7, 11) is -3.96. The highest BCUT2D eigenvalue weighted by atomic mass is 35.5. The molecule has 10 heteroatoms. The maximum Gasteiger partial charge on any atom is 0.262 e. The predicted octanol–water partition coefficient (Wildman–Crippen LogP) is 3.56. The van der Waals surface area contributed by atoms with E-state index >= 15 is 0 Å². The number of rotatable bonds is 4. The van der Waals surface area contributed by atoms with Crippen LogP contribution in [0.3, 0.4) is 0 Å². The van der Waals surface area contributed by atoms with E-state index in [1.54, 1.807) is 29.4 Å². The first-order chi connectivity index (χ1) is 16.3. The summed E-state index contributed by atoms with van der Waals surface area (Å²) in [6, 6.07) is 8.66. The summed E-state index contributed by atoms with van der Waals surface area (Å²) in [6.07, 6.45) is 8.73. The molecular formula is C24H23ClN4O4S. The summed E-state index contributed by atoms with van der Waals surface area (Å²) in [4.78, 5) is 21.5. The lowest BCUT2D eigenvalue weighted by Gasteiger charge is -2.34. The van der Waals surface area contributed by atoms with Gasteiger partial charge in [0.25, 0.3) is 10.0 Å². The quantitative estimate of drug-likeness (QED) is 0.572. The highest BCUT2D eigenvalue weighted by molar-refractivity contribution is 7.89. The van der Waals surface area contributed by atoms with E-state index in [0.717, 1.165) is 23.1 Å². The smallest absolute Gasteiger partial charge is 0.262 e. The Labute approximate surface area is 202 Å². The Morgan fingerprint density at radius 3 is 2.44 bits per heavy atom. The molecule has 34 heavy (non-hydrogen) atoms. The zero-order valence-electron chi connectivity index (χ0n) is 18.2. The second-order valence-electron chi connectivity index (χ2n) is 8.31. The lowest BCUT2D eigenvalue weighted by atomic mass is 9.93. The molecule has 5 rings (SSSR count). The molecule has 0 spiro atoms. The van der Waals surface area contributed by atoms with Crippen LogP contribution >= 0.6 is 11.6 Å². The number of halogens is 1. The highest BCUT2D eigenvalue weighted by Crippen LogP contribution is 2.35. The fraction of sp³-hybridized carbons (Fsp3) is 0.250. The lowest BCUT2D eigenvalue weighted by molar-refractivity contribution is -0.128. The third kappa shape index (κ3) is 4.11. The van der Waals surface area contributed by atoms with Gasteiger partial charge in [0, 0.05) is 54.6 Å². The van der Waals surface area contributed by atoms with Crippen LogP contribution in [-0.4, -0.2) is 64.8 Å². The average Bonchev–Trinajstić information content (AvgIpc) is 3.20. The van der Waals surface area contributed by atoms with Crippen molar-refractivity contribution in [1.82, 2.24) is 19.2 Å². The fourth-order valence-electron chi connectivity index (χ4n) is 4.40. The minimum absolute atomic E-state index is 0.0647. The van der Waals surface area contributed by atoms with Gasteiger partial charge < -0.3 is 15.0 Å². The number of aromatic hydroxyl groups is 1. The van der Waals surface area contributed by atoms with Crippen molar-refractivity contribution in [3.8, 4) is 5.75 Å². The van der Waals surface area contributed by atoms with Gasteiger partial charge in [0.1, 0.15) is 0 Å². The van der Waals surface area contributed by atoms with Gasteiger partial charge in [0.15, 0.2) is 10.8 Å². The number of sulfonamides is 1. The van der Waals surface area contributed by atoms with Crippen LogP contribution in [-0.2, 0) is 14.8 Å². The Balaban J connectivity index is 1.28. The number of pyridine rings is 1. The molecule has 0 radical (unpaired) electrons. The molecule has 0 unspecified atom stereocenters. The first kappa shape index (κ1) is 22.6. The molecule has 1 fully saturated rings. The second-order valence-corrected chi connectivity index (χ2v) is 10.6. The van der Waals surface area contributed by atoms with Crippen molar-refractivity contribution >= 4 is 44.0 Å². The number of aromatic nitrogens is 2. The standard InChI is InChI=1S/C24H23ClN4O4S/c25-19-5-6-21-20(15-19)22(30)23(27-21)34(32,33)29-13-11-28(12-14-29)24(31)18-3-1-16(2-4-18)17-7-9-26-10-8-17/h1,3,5-10,15,27,30H,2,4,11-14H2. The van der Waals surface area contributed by atoms with Gasteiger partial charge in [0.2, 0.25) is 5.91 Å². The molecule has 2 aromatic heterocycles. The van der Waals surface area contributed by atoms with Crippen molar-refractivity contribution < 1.29 is 18.3 Å². The normalized spacial score (nSPS) is 17.5. The van der Waals surface area contributed by atoms with E-state index < -0.39 is 10.0 Å². The highest BCUT2D eigenvalue weighted by Gasteiger charge is 2.34. The number of fused-ring (bicyclic) bond motifs is 1. The van der Waals surface area contributed by atoms with Crippen molar-refractivity contribution in [2.24, 2.45) is 0 Å². The largest absolute Gasteiger partial charge is 0.504 e. The minimum Gasteiger partial charge on any atom is -0.504 e. The number of benzene rings is 1. The SMILES string of the molecule is O=C(C1=CC=C(c2ccncc2)CC1)N1CCN(S(=O)(=O)c2[nH]c3ccc(Cl)cc3c2O)CC1. The van der Waals surface area contributed by atoms with Gasteiger partial charge in [-0.25, -0.2) is 8.42 Å². The predicted molar refractivity (Wildman–Crippen MR) is 130 cm³/mol. The number of nitrogens with zero attached hydrogens (tertiary/aromatic N) is 3. The van der Waals surface area contributed by atoms with E-state index in [0.29, 0.717) is 22.3 Å². The molecule has 1 aliphatic carbocycles. The van der Waals surface area contributed by atoms with Crippen molar-refractivity contribution in [1.29, 1.82) is 0 Å². The molecule has 1 amide bonds. The van der Waals surface area contributed by atoms with E-state index in [2.05, 4.69) is 9.97 Å². The number of hydrogen-bond acceptors (Lipinski definition) is 5. The molecule has 2 N–H and O–H groups in total. The van der Waals surface area contributed by atoms with Crippen LogP contribution < -0.4 is 0 Å². The van der Waals surface area contributed by atoms with Gasteiger partial charge in [-0.2, -0.15) is 4.31 Å². The van der Waals surface area contributed by atoms with Gasteiger partial charge in [-0.1, -0.05) is 23.8 Å². The van der Waals surface area contributed by atoms with Crippen molar-refractivity contribution in [3.05, 3.63) is 71.0 Å². The first-order valence-electron chi connectivity index (χ1n) is 10.9. The van der Waals surface area contributed by atoms with Crippen LogP contribution in [0, 0.1) is 0 Å². The maximum atomic E-state index is 13.2. The average molecular weight is 499 g/mol. The molecule has 1 saturated heterocycles. The van der Waals surface area contributed by atoms with Crippen LogP contribution in [0.1, 0.15) is 18.4 Å². The maximum absolute atomic E-state index is 13.2. The third-order valence-electron chi connectivity index (χ3n) is 6.30. The number of nitrogens with one attached hydrogen (secondary N) is 1. The van der Waals surface area contributed by atoms with Gasteiger partial charge in [-0.3, -0.25) is 9.78 Å². The fourth-order valence-corrected chi connectivity index (χ4v) is 6.07. The minimum atomic E-state index is -3.96. The summed E-state index contributed by atoms with van der Waals surface area (Å²) in [6.45, 7) is 0.857. The number of piperazine rings is 1. The van der Waals surface area contributed by atoms with Gasteiger partial charge in [-0.15, -0.1) is 0 Å². The van der Waals surface area contributed by atoms with E-state index in [1.807, 2.05) is 24.3 Å². The van der Waals surface area contributed by atoms with Crippen LogP contribution in [0.4, 0.5) is 0 Å². The number of hydrogen-bond donors (Lipinski definition) is 2. The molecule has 1 aliphatic heterocycles. The van der Waals surface area contributed by atoms with Crippen LogP contribution in [0.2, 0.25) is 5.02 Å². The summed E-state index contributed by atoms with van der Waals surface area (Å²) in [5.74, 6) is -0.412. The number of carbonyl (C=O) groups is 1. The molecule has 2 aliphatic rings. The number of allylic oxidation sites excluding steroid dienone is 3. The summed E-state index contributed by atoms with van der Waals surface area (Å²) >= 11 is 5.98. The lowest BCUT2D eigenvalue weighted by Crippen LogP contribution is -2.50. The number of aromatic amines is 1. The Hall–Kier alpha value is -3.14. The molecule has 3 aromatic rings. The molecule has 0 bridgehead atoms. The Kier molecular flexibility index (Phi) is 5.93. The van der Waals surface area contributed by atoms with E-state index in [-0.39, 0.29) is 42.9 Å². The monoisotopic (exact) mass is 498 g/mol. The van der Waals surface area contributed by atoms with Crippen LogP contribution in [0.5, 0.6) is 5.75 Å². The van der Waals surface area contributed by atoms with Crippen molar-refractivity contribution in [2.75, 3.05) is 26.2 Å². The molecule has 1 aromatic carbocycles. The molecule has 176 valence electrons. The van der Waals surface area contributed by atoms with E-state index in [4.69, 9.17) is 11.6 Å². The Morgan fingerprint density at radius 1 is 1.03 bits per heavy atom. The molecule has 0 saturated carbocycles. The zero-order chi connectivity index (χ0) is 23.9. The Morgan fingerprint density at radius 2 is 1.76 bits per heavy atom. The number of amides is 1. The molecule has 3 heterocycles.